The first-order chi connectivity index (χ1) is 13.7. The minimum absolute atomic E-state index is 0.0319. The number of non-ortho nitro benzene ring substituents is 1. The van der Waals surface area contributed by atoms with Crippen molar-refractivity contribution in [1.82, 2.24) is 5.01 Å². The van der Waals surface area contributed by atoms with Crippen molar-refractivity contribution in [3.63, 3.8) is 0 Å². The van der Waals surface area contributed by atoms with E-state index in [4.69, 9.17) is 9.84 Å². The fourth-order valence-electron chi connectivity index (χ4n) is 3.85. The molecule has 0 fully saturated rings. The van der Waals surface area contributed by atoms with Crippen molar-refractivity contribution in [2.75, 3.05) is 0 Å². The third-order valence-corrected chi connectivity index (χ3v) is 5.17. The van der Waals surface area contributed by atoms with Crippen molar-refractivity contribution < 1.29 is 9.66 Å². The summed E-state index contributed by atoms with van der Waals surface area (Å²) in [7, 11) is 0. The number of benzene rings is 3. The van der Waals surface area contributed by atoms with Crippen LogP contribution in [0.1, 0.15) is 35.4 Å². The number of para-hydroxylation sites is 1. The smallest absolute Gasteiger partial charge is 0.269 e. The van der Waals surface area contributed by atoms with Crippen LogP contribution in [0.4, 0.5) is 5.69 Å². The summed E-state index contributed by atoms with van der Waals surface area (Å²) in [6, 6.07) is 24.6. The van der Waals surface area contributed by atoms with Gasteiger partial charge in [0.2, 0.25) is 6.23 Å². The number of ether oxygens (including phenoxy) is 1. The van der Waals surface area contributed by atoms with E-state index in [1.54, 1.807) is 12.1 Å². The maximum absolute atomic E-state index is 11.2. The molecular formula is C22H17N3O3. The minimum Gasteiger partial charge on any atom is -0.464 e. The highest BCUT2D eigenvalue weighted by Gasteiger charge is 2.41. The Morgan fingerprint density at radius 1 is 1.00 bits per heavy atom. The van der Waals surface area contributed by atoms with Gasteiger partial charge in [-0.15, -0.1) is 0 Å². The molecule has 0 saturated heterocycles. The second kappa shape index (κ2) is 6.49. The molecule has 3 aromatic carbocycles. The van der Waals surface area contributed by atoms with Crippen LogP contribution in [0.2, 0.25) is 0 Å². The van der Waals surface area contributed by atoms with Crippen LogP contribution < -0.4 is 4.74 Å². The second-order valence-corrected chi connectivity index (χ2v) is 6.87. The lowest BCUT2D eigenvalue weighted by Gasteiger charge is -2.38. The zero-order chi connectivity index (χ0) is 19.1. The van der Waals surface area contributed by atoms with Crippen molar-refractivity contribution in [2.45, 2.75) is 18.7 Å². The van der Waals surface area contributed by atoms with Crippen molar-refractivity contribution in [2.24, 2.45) is 5.10 Å². The standard InChI is InChI=1S/C22H17N3O3/c26-25(27)17-10-6-9-16(13-17)22-24-20(18-11-4-5-12-21(18)28-22)14-19(23-24)15-7-2-1-3-8-15/h1-13,20,22H,14H2/t20-,22+/m1/s1. The van der Waals surface area contributed by atoms with Crippen molar-refractivity contribution in [3.8, 4) is 5.75 Å². The number of hydrazone groups is 1. The average Bonchev–Trinajstić information content (AvgIpc) is 3.20. The number of nitro benzene ring substituents is 1. The quantitative estimate of drug-likeness (QED) is 0.488. The van der Waals surface area contributed by atoms with Crippen LogP contribution >= 0.6 is 0 Å². The van der Waals surface area contributed by atoms with Crippen molar-refractivity contribution in [1.29, 1.82) is 0 Å². The first-order valence-electron chi connectivity index (χ1n) is 9.12. The maximum Gasteiger partial charge on any atom is 0.269 e. The van der Waals surface area contributed by atoms with Gasteiger partial charge in [-0.05, 0) is 11.6 Å². The maximum atomic E-state index is 11.2. The molecule has 0 aromatic heterocycles. The minimum atomic E-state index is -0.513. The Kier molecular flexibility index (Phi) is 3.83. The topological polar surface area (TPSA) is 68.0 Å². The number of hydrogen-bond donors (Lipinski definition) is 0. The van der Waals surface area contributed by atoms with Crippen molar-refractivity contribution >= 4 is 11.4 Å². The van der Waals surface area contributed by atoms with E-state index >= 15 is 0 Å². The Balaban J connectivity index is 1.60. The van der Waals surface area contributed by atoms with Crippen LogP contribution in [0, 0.1) is 10.1 Å². The number of nitro groups is 1. The summed E-state index contributed by atoms with van der Waals surface area (Å²) in [5.74, 6) is 0.796. The molecule has 0 amide bonds. The summed E-state index contributed by atoms with van der Waals surface area (Å²) in [6.07, 6.45) is 0.247. The average molecular weight is 371 g/mol. The Morgan fingerprint density at radius 2 is 1.79 bits per heavy atom. The van der Waals surface area contributed by atoms with Crippen LogP contribution in [-0.4, -0.2) is 15.6 Å². The predicted molar refractivity (Wildman–Crippen MR) is 105 cm³/mol. The highest BCUT2D eigenvalue weighted by atomic mass is 16.6. The first-order valence-corrected chi connectivity index (χ1v) is 9.12. The second-order valence-electron chi connectivity index (χ2n) is 6.87. The van der Waals surface area contributed by atoms with E-state index in [0.29, 0.717) is 5.56 Å². The molecule has 138 valence electrons. The highest BCUT2D eigenvalue weighted by Crippen LogP contribution is 2.47. The lowest BCUT2D eigenvalue weighted by atomic mass is 9.96. The van der Waals surface area contributed by atoms with E-state index in [1.165, 1.54) is 6.07 Å². The number of nitrogens with zero attached hydrogens (tertiary/aromatic N) is 3. The van der Waals surface area contributed by atoms with E-state index in [0.717, 1.165) is 29.0 Å². The molecule has 0 aliphatic carbocycles. The molecule has 5 rings (SSSR count). The zero-order valence-corrected chi connectivity index (χ0v) is 14.9. The van der Waals surface area contributed by atoms with Crippen LogP contribution in [0.25, 0.3) is 0 Å². The van der Waals surface area contributed by atoms with Gasteiger partial charge in [-0.2, -0.15) is 5.10 Å². The normalized spacial score (nSPS) is 20.0. The monoisotopic (exact) mass is 371 g/mol. The van der Waals surface area contributed by atoms with Gasteiger partial charge in [0, 0.05) is 29.7 Å². The molecule has 3 aromatic rings. The lowest BCUT2D eigenvalue weighted by molar-refractivity contribution is -0.385. The van der Waals surface area contributed by atoms with Gasteiger partial charge in [0.1, 0.15) is 5.75 Å². The van der Waals surface area contributed by atoms with E-state index in [9.17, 15) is 10.1 Å². The summed E-state index contributed by atoms with van der Waals surface area (Å²) >= 11 is 0. The Labute approximate surface area is 161 Å². The van der Waals surface area contributed by atoms with Gasteiger partial charge in [0.15, 0.2) is 0 Å². The summed E-state index contributed by atoms with van der Waals surface area (Å²) < 4.78 is 6.25. The van der Waals surface area contributed by atoms with E-state index in [2.05, 4.69) is 6.07 Å². The van der Waals surface area contributed by atoms with E-state index in [-0.39, 0.29) is 16.7 Å². The summed E-state index contributed by atoms with van der Waals surface area (Å²) in [4.78, 5) is 10.8. The Hall–Kier alpha value is -3.67. The Morgan fingerprint density at radius 3 is 2.61 bits per heavy atom. The van der Waals surface area contributed by atoms with Crippen LogP contribution in [0.5, 0.6) is 5.75 Å². The Bertz CT molecular complexity index is 1080. The van der Waals surface area contributed by atoms with Crippen LogP contribution in [-0.2, 0) is 0 Å². The third kappa shape index (κ3) is 2.70. The lowest BCUT2D eigenvalue weighted by Crippen LogP contribution is -2.33. The third-order valence-electron chi connectivity index (χ3n) is 5.17. The fourth-order valence-corrected chi connectivity index (χ4v) is 3.85. The number of rotatable bonds is 3. The van der Waals surface area contributed by atoms with Gasteiger partial charge in [0.25, 0.3) is 5.69 Å². The molecule has 2 aliphatic heterocycles. The molecule has 2 heterocycles. The van der Waals surface area contributed by atoms with E-state index < -0.39 is 6.23 Å². The molecule has 0 N–H and O–H groups in total. The van der Waals surface area contributed by atoms with Gasteiger partial charge in [-0.1, -0.05) is 60.7 Å². The first kappa shape index (κ1) is 16.5. The number of fused-ring (bicyclic) bond motifs is 3. The molecule has 0 spiro atoms. The highest BCUT2D eigenvalue weighted by molar-refractivity contribution is 6.01. The molecule has 2 atom stereocenters. The van der Waals surface area contributed by atoms with Gasteiger partial charge in [0.05, 0.1) is 16.7 Å². The van der Waals surface area contributed by atoms with Crippen LogP contribution in [0.3, 0.4) is 0 Å². The zero-order valence-electron chi connectivity index (χ0n) is 14.9. The van der Waals surface area contributed by atoms with Crippen LogP contribution in [0.15, 0.2) is 84.0 Å². The molecule has 0 bridgehead atoms. The molecule has 6 heteroatoms. The largest absolute Gasteiger partial charge is 0.464 e. The van der Waals surface area contributed by atoms with Gasteiger partial charge in [-0.3, -0.25) is 10.1 Å². The summed E-state index contributed by atoms with van der Waals surface area (Å²) in [6.45, 7) is 0. The predicted octanol–water partition coefficient (Wildman–Crippen LogP) is 4.84. The van der Waals surface area contributed by atoms with Gasteiger partial charge < -0.3 is 4.74 Å². The molecule has 0 saturated carbocycles. The van der Waals surface area contributed by atoms with Gasteiger partial charge >= 0.3 is 0 Å². The summed E-state index contributed by atoms with van der Waals surface area (Å²) in [5, 5.41) is 18.0. The molecule has 6 nitrogen and oxygen atoms in total. The molecule has 0 radical (unpaired) electrons. The number of hydrogen-bond acceptors (Lipinski definition) is 5. The van der Waals surface area contributed by atoms with E-state index in [1.807, 2.05) is 59.6 Å². The van der Waals surface area contributed by atoms with Gasteiger partial charge in [-0.25, -0.2) is 5.01 Å². The molecule has 2 aliphatic rings. The molecular weight excluding hydrogens is 354 g/mol. The SMILES string of the molecule is O=[N+]([O-])c1cccc([C@@H]2Oc3ccccc3[C@H]3CC(c4ccccc4)=NN32)c1. The molecule has 0 unspecified atom stereocenters. The summed E-state index contributed by atoms with van der Waals surface area (Å²) in [5.41, 5.74) is 3.90. The molecule has 28 heavy (non-hydrogen) atoms. The van der Waals surface area contributed by atoms with Crippen molar-refractivity contribution in [3.05, 3.63) is 106 Å². The fraction of sp³-hybridized carbons (Fsp3) is 0.136.